The lowest BCUT2D eigenvalue weighted by Crippen LogP contribution is -2.38. The number of halogens is 1. The Kier molecular flexibility index (Phi) is 6.03. The highest BCUT2D eigenvalue weighted by molar-refractivity contribution is 6.06. The number of nitrogens with zero attached hydrogens (tertiary/aromatic N) is 3. The number of hydrogen-bond acceptors (Lipinski definition) is 3. The zero-order valence-corrected chi connectivity index (χ0v) is 16.7. The topological polar surface area (TPSA) is 106 Å². The van der Waals surface area contributed by atoms with Gasteiger partial charge in [-0.15, -0.1) is 0 Å². The Morgan fingerprint density at radius 1 is 1.16 bits per heavy atom. The highest BCUT2D eigenvalue weighted by Gasteiger charge is 2.18. The Balaban J connectivity index is 1.56. The number of aliphatic imine (C=N–C) groups is 1. The average Bonchev–Trinajstić information content (AvgIpc) is 3.46. The van der Waals surface area contributed by atoms with E-state index in [1.807, 2.05) is 6.07 Å². The molecule has 3 aromatic rings. The maximum atomic E-state index is 13.2. The zero-order chi connectivity index (χ0) is 21.6. The molecule has 0 saturated heterocycles. The van der Waals surface area contributed by atoms with E-state index in [2.05, 4.69) is 25.8 Å². The summed E-state index contributed by atoms with van der Waals surface area (Å²) in [5, 5.41) is 22.6. The number of carbonyl (C=O) groups is 1. The van der Waals surface area contributed by atoms with Crippen LogP contribution in [-0.4, -0.2) is 28.1 Å². The standard InChI is InChI=1S/C23H21FN6O/c24-18-10-8-16(9-11-18)20-13-21(30-29-20)27-23(26-19-6-1-2-7-19)28-22(31)17-5-3-4-15(12-17)14-25/h3-5,8-13,19H,1-2,6-7H2,(H3,26,27,28,29,30,31). The van der Waals surface area contributed by atoms with Crippen molar-refractivity contribution in [2.45, 2.75) is 31.7 Å². The molecule has 1 heterocycles. The zero-order valence-electron chi connectivity index (χ0n) is 16.7. The van der Waals surface area contributed by atoms with Gasteiger partial charge in [0.2, 0.25) is 5.96 Å². The minimum absolute atomic E-state index is 0.226. The number of amides is 1. The molecule has 1 amide bonds. The van der Waals surface area contributed by atoms with Crippen LogP contribution in [0, 0.1) is 17.1 Å². The Labute approximate surface area is 179 Å². The van der Waals surface area contributed by atoms with E-state index in [4.69, 9.17) is 5.26 Å². The maximum absolute atomic E-state index is 13.2. The van der Waals surface area contributed by atoms with Crippen molar-refractivity contribution in [1.29, 1.82) is 5.26 Å². The number of anilines is 1. The lowest BCUT2D eigenvalue weighted by molar-refractivity contribution is 0.100. The molecule has 1 aromatic heterocycles. The molecule has 0 spiro atoms. The molecule has 156 valence electrons. The summed E-state index contributed by atoms with van der Waals surface area (Å²) in [7, 11) is 0. The second kappa shape index (κ2) is 9.22. The fourth-order valence-corrected chi connectivity index (χ4v) is 3.53. The minimum Gasteiger partial charge on any atom is -0.353 e. The number of rotatable bonds is 4. The largest absolute Gasteiger partial charge is 0.353 e. The van der Waals surface area contributed by atoms with Gasteiger partial charge in [0.25, 0.3) is 5.91 Å². The van der Waals surface area contributed by atoms with Crippen molar-refractivity contribution in [2.75, 3.05) is 5.32 Å². The van der Waals surface area contributed by atoms with Crippen molar-refractivity contribution in [3.05, 3.63) is 71.5 Å². The first kappa shape index (κ1) is 20.3. The number of nitrogens with one attached hydrogen (secondary N) is 3. The van der Waals surface area contributed by atoms with Crippen LogP contribution >= 0.6 is 0 Å². The van der Waals surface area contributed by atoms with Crippen molar-refractivity contribution in [2.24, 2.45) is 4.99 Å². The Morgan fingerprint density at radius 2 is 1.94 bits per heavy atom. The molecule has 0 radical (unpaired) electrons. The first-order chi connectivity index (χ1) is 15.1. The normalized spacial score (nSPS) is 14.3. The monoisotopic (exact) mass is 416 g/mol. The van der Waals surface area contributed by atoms with E-state index in [1.165, 1.54) is 18.2 Å². The Hall–Kier alpha value is -3.99. The van der Waals surface area contributed by atoms with Crippen LogP contribution in [0.15, 0.2) is 59.6 Å². The number of hydrogen-bond donors (Lipinski definition) is 3. The molecule has 1 fully saturated rings. The molecule has 1 aliphatic rings. The molecule has 0 bridgehead atoms. The first-order valence-corrected chi connectivity index (χ1v) is 10.1. The molecule has 7 nitrogen and oxygen atoms in total. The number of benzene rings is 2. The summed E-state index contributed by atoms with van der Waals surface area (Å²) >= 11 is 0. The summed E-state index contributed by atoms with van der Waals surface area (Å²) in [5.41, 5.74) is 2.13. The van der Waals surface area contributed by atoms with Gasteiger partial charge in [-0.2, -0.15) is 15.4 Å². The molecule has 1 saturated carbocycles. The molecule has 0 aliphatic heterocycles. The van der Waals surface area contributed by atoms with E-state index in [0.717, 1.165) is 31.2 Å². The first-order valence-electron chi connectivity index (χ1n) is 10.1. The predicted octanol–water partition coefficient (Wildman–Crippen LogP) is 4.23. The van der Waals surface area contributed by atoms with Crippen molar-refractivity contribution >= 4 is 17.7 Å². The van der Waals surface area contributed by atoms with Crippen molar-refractivity contribution in [3.8, 4) is 17.3 Å². The molecule has 3 N–H and O–H groups in total. The van der Waals surface area contributed by atoms with Crippen LogP contribution in [0.25, 0.3) is 11.3 Å². The van der Waals surface area contributed by atoms with Crippen LogP contribution in [0.2, 0.25) is 0 Å². The van der Waals surface area contributed by atoms with E-state index in [0.29, 0.717) is 28.6 Å². The number of carbonyl (C=O) groups excluding carboxylic acids is 1. The van der Waals surface area contributed by atoms with Crippen molar-refractivity contribution in [3.63, 3.8) is 0 Å². The quantitative estimate of drug-likeness (QED) is 0.436. The molecule has 2 aromatic carbocycles. The lowest BCUT2D eigenvalue weighted by atomic mass is 10.1. The third-order valence-electron chi connectivity index (χ3n) is 5.12. The van der Waals surface area contributed by atoms with Crippen LogP contribution in [0.1, 0.15) is 41.6 Å². The van der Waals surface area contributed by atoms with Gasteiger partial charge >= 0.3 is 0 Å². The van der Waals surface area contributed by atoms with E-state index >= 15 is 0 Å². The van der Waals surface area contributed by atoms with Gasteiger partial charge in [0, 0.05) is 23.2 Å². The fourth-order valence-electron chi connectivity index (χ4n) is 3.53. The molecular formula is C23H21FN6O. The van der Waals surface area contributed by atoms with Gasteiger partial charge in [-0.3, -0.25) is 9.89 Å². The minimum atomic E-state index is -0.455. The Bertz CT molecular complexity index is 1140. The average molecular weight is 416 g/mol. The van der Waals surface area contributed by atoms with Gasteiger partial charge in [0.15, 0.2) is 0 Å². The number of guanidine groups is 1. The summed E-state index contributed by atoms with van der Waals surface area (Å²) in [5.74, 6) is 0.0888. The van der Waals surface area contributed by atoms with E-state index < -0.39 is 5.91 Å². The van der Waals surface area contributed by atoms with Gasteiger partial charge in [0.05, 0.1) is 17.3 Å². The van der Waals surface area contributed by atoms with Crippen LogP contribution in [0.4, 0.5) is 10.2 Å². The van der Waals surface area contributed by atoms with E-state index in [-0.39, 0.29) is 11.9 Å². The highest BCUT2D eigenvalue weighted by atomic mass is 19.1. The molecule has 4 rings (SSSR count). The smallest absolute Gasteiger partial charge is 0.280 e. The molecule has 1 aliphatic carbocycles. The van der Waals surface area contributed by atoms with E-state index in [9.17, 15) is 9.18 Å². The number of H-pyrrole nitrogens is 1. The Morgan fingerprint density at radius 3 is 2.68 bits per heavy atom. The molecular weight excluding hydrogens is 395 g/mol. The second-order valence-electron chi connectivity index (χ2n) is 7.38. The lowest BCUT2D eigenvalue weighted by Gasteiger charge is -2.16. The van der Waals surface area contributed by atoms with Crippen molar-refractivity contribution < 1.29 is 9.18 Å². The fraction of sp³-hybridized carbons (Fsp3) is 0.217. The van der Waals surface area contributed by atoms with Gasteiger partial charge in [-0.1, -0.05) is 18.9 Å². The third kappa shape index (κ3) is 5.14. The number of nitriles is 1. The summed E-state index contributed by atoms with van der Waals surface area (Å²) in [6.45, 7) is 0. The van der Waals surface area contributed by atoms with Gasteiger partial charge in [-0.25, -0.2) is 4.39 Å². The van der Waals surface area contributed by atoms with Crippen molar-refractivity contribution in [1.82, 2.24) is 15.5 Å². The molecule has 8 heteroatoms. The summed E-state index contributed by atoms with van der Waals surface area (Å²) < 4.78 is 13.2. The van der Waals surface area contributed by atoms with Crippen LogP contribution in [0.5, 0.6) is 0 Å². The van der Waals surface area contributed by atoms with Crippen LogP contribution in [0.3, 0.4) is 0 Å². The van der Waals surface area contributed by atoms with E-state index in [1.54, 1.807) is 36.4 Å². The maximum Gasteiger partial charge on any atom is 0.280 e. The molecule has 31 heavy (non-hydrogen) atoms. The van der Waals surface area contributed by atoms with Gasteiger partial charge < -0.3 is 10.6 Å². The van der Waals surface area contributed by atoms with Crippen LogP contribution < -0.4 is 10.6 Å². The second-order valence-corrected chi connectivity index (χ2v) is 7.38. The molecule has 0 atom stereocenters. The predicted molar refractivity (Wildman–Crippen MR) is 116 cm³/mol. The van der Waals surface area contributed by atoms with Gasteiger partial charge in [0.1, 0.15) is 11.6 Å². The summed E-state index contributed by atoms with van der Waals surface area (Å²) in [6.07, 6.45) is 4.26. The number of aromatic nitrogens is 2. The van der Waals surface area contributed by atoms with Crippen LogP contribution in [-0.2, 0) is 0 Å². The summed E-state index contributed by atoms with van der Waals surface area (Å²) in [4.78, 5) is 16.9. The third-order valence-corrected chi connectivity index (χ3v) is 5.12. The molecule has 0 unspecified atom stereocenters. The summed E-state index contributed by atoms with van der Waals surface area (Å²) in [6, 6.07) is 16.5. The van der Waals surface area contributed by atoms with Gasteiger partial charge in [-0.05, 0) is 55.3 Å². The number of aromatic amines is 1. The highest BCUT2D eigenvalue weighted by Crippen LogP contribution is 2.21. The SMILES string of the molecule is N#Cc1cccc(C(=O)/N=C(\Nc2cc(-c3ccc(F)cc3)n[nH]2)NC2CCCC2)c1.